The zero-order valence-corrected chi connectivity index (χ0v) is 18.0. The number of benzene rings is 2. The zero-order chi connectivity index (χ0) is 19.5. The number of methoxy groups -OCH3 is 2. The Hall–Kier alpha value is -1.54. The van der Waals surface area contributed by atoms with E-state index in [1.807, 2.05) is 43.3 Å². The van der Waals surface area contributed by atoms with Gasteiger partial charge in [-0.1, -0.05) is 57.5 Å². The van der Waals surface area contributed by atoms with Gasteiger partial charge in [-0.3, -0.25) is 4.79 Å². The maximum absolute atomic E-state index is 11.3. The van der Waals surface area contributed by atoms with E-state index < -0.39 is 0 Å². The lowest BCUT2D eigenvalue weighted by molar-refractivity contribution is 0.0847. The highest BCUT2D eigenvalue weighted by Gasteiger charge is 2.09. The maximum atomic E-state index is 11.3. The van der Waals surface area contributed by atoms with Crippen LogP contribution in [-0.2, 0) is 9.47 Å². The average molecular weight is 487 g/mol. The molecule has 2 aromatic rings. The number of Topliss-reactive ketones (excluding diaryl/α,β-unsaturated/α-hetero) is 1. The highest BCUT2D eigenvalue weighted by molar-refractivity contribution is 9.10. The van der Waals surface area contributed by atoms with Gasteiger partial charge in [-0.25, -0.2) is 0 Å². The molecule has 0 unspecified atom stereocenters. The molecule has 0 aromatic heterocycles. The van der Waals surface area contributed by atoms with Crippen LogP contribution in [0.3, 0.4) is 0 Å². The van der Waals surface area contributed by atoms with Gasteiger partial charge in [-0.2, -0.15) is 0 Å². The van der Waals surface area contributed by atoms with Gasteiger partial charge >= 0.3 is 0 Å². The van der Waals surface area contributed by atoms with E-state index in [0.29, 0.717) is 17.9 Å². The number of hydrogen-bond donors (Lipinski definition) is 1. The van der Waals surface area contributed by atoms with E-state index in [-0.39, 0.29) is 12.4 Å². The lowest BCUT2D eigenvalue weighted by atomic mass is 10.1. The second kappa shape index (κ2) is 12.0. The van der Waals surface area contributed by atoms with Crippen LogP contribution in [0.1, 0.15) is 21.5 Å². The Morgan fingerprint density at radius 2 is 1.62 bits per heavy atom. The quantitative estimate of drug-likeness (QED) is 0.274. The monoisotopic (exact) mass is 485 g/mol. The summed E-state index contributed by atoms with van der Waals surface area (Å²) in [5.41, 5.74) is 3.14. The molecule has 7 heteroatoms. The molecule has 0 fully saturated rings. The maximum Gasteiger partial charge on any atom is 0.189 e. The van der Waals surface area contributed by atoms with E-state index in [1.54, 1.807) is 13.2 Å². The summed E-state index contributed by atoms with van der Waals surface area (Å²) in [7, 11) is 3.07. The molecule has 0 saturated heterocycles. The second-order valence-corrected chi connectivity index (χ2v) is 6.90. The van der Waals surface area contributed by atoms with Gasteiger partial charge in [-0.15, -0.1) is 0 Å². The Morgan fingerprint density at radius 1 is 1.00 bits per heavy atom. The molecule has 0 amide bonds. The first-order valence-electron chi connectivity index (χ1n) is 7.68. The standard InChI is InChI=1S/C10H12BrNO2.C9H9BrO2/c1-7-4-3-5-8(10(7)11)9(12-13)6-14-2;1-12-6-9(11)7-4-2-3-5-8(7)10/h3-5,13H,6H2,1-2H3;2-5H,6H2,1H3/b12-9+;. The molecule has 0 radical (unpaired) electrons. The van der Waals surface area contributed by atoms with Gasteiger partial charge in [0.25, 0.3) is 0 Å². The summed E-state index contributed by atoms with van der Waals surface area (Å²) in [5, 5.41) is 12.0. The Kier molecular flexibility index (Phi) is 10.3. The number of carbonyl (C=O) groups excluding carboxylic acids is 1. The van der Waals surface area contributed by atoms with Gasteiger partial charge in [0, 0.05) is 34.3 Å². The minimum absolute atomic E-state index is 0.00928. The normalized spacial score (nSPS) is 10.9. The molecule has 1 N–H and O–H groups in total. The number of nitrogens with zero attached hydrogens (tertiary/aromatic N) is 1. The first-order chi connectivity index (χ1) is 12.5. The number of ether oxygens (including phenoxy) is 2. The van der Waals surface area contributed by atoms with Crippen LogP contribution in [0, 0.1) is 6.92 Å². The molecule has 140 valence electrons. The number of aryl methyl sites for hydroxylation is 1. The number of ketones is 1. The molecule has 5 nitrogen and oxygen atoms in total. The van der Waals surface area contributed by atoms with E-state index in [4.69, 9.17) is 14.7 Å². The van der Waals surface area contributed by atoms with Crippen molar-refractivity contribution >= 4 is 43.4 Å². The predicted molar refractivity (Wildman–Crippen MR) is 109 cm³/mol. The fourth-order valence-electron chi connectivity index (χ4n) is 2.06. The summed E-state index contributed by atoms with van der Waals surface area (Å²) < 4.78 is 11.4. The van der Waals surface area contributed by atoms with Crippen molar-refractivity contribution in [2.24, 2.45) is 5.16 Å². The molecule has 0 bridgehead atoms. The summed E-state index contributed by atoms with van der Waals surface area (Å²) in [6.45, 7) is 2.40. The van der Waals surface area contributed by atoms with E-state index in [1.165, 1.54) is 7.11 Å². The van der Waals surface area contributed by atoms with Crippen molar-refractivity contribution in [3.63, 3.8) is 0 Å². The number of hydrogen-bond acceptors (Lipinski definition) is 5. The van der Waals surface area contributed by atoms with E-state index in [0.717, 1.165) is 20.1 Å². The molecule has 26 heavy (non-hydrogen) atoms. The van der Waals surface area contributed by atoms with Crippen LogP contribution in [-0.4, -0.2) is 44.1 Å². The fraction of sp³-hybridized carbons (Fsp3) is 0.263. The van der Waals surface area contributed by atoms with Crippen LogP contribution in [0.5, 0.6) is 0 Å². The average Bonchev–Trinajstić information content (AvgIpc) is 2.63. The second-order valence-electron chi connectivity index (χ2n) is 5.25. The zero-order valence-electron chi connectivity index (χ0n) is 14.8. The van der Waals surface area contributed by atoms with E-state index in [2.05, 4.69) is 37.0 Å². The van der Waals surface area contributed by atoms with E-state index in [9.17, 15) is 4.79 Å². The number of rotatable bonds is 6. The van der Waals surface area contributed by atoms with Crippen molar-refractivity contribution in [2.75, 3.05) is 27.4 Å². The molecule has 2 rings (SSSR count). The molecule has 0 heterocycles. The third-order valence-corrected chi connectivity index (χ3v) is 5.10. The van der Waals surface area contributed by atoms with Gasteiger partial charge in [0.15, 0.2) is 5.78 Å². The van der Waals surface area contributed by atoms with Crippen LogP contribution in [0.4, 0.5) is 0 Å². The molecule has 0 aliphatic rings. The number of oxime groups is 1. The van der Waals surface area contributed by atoms with E-state index >= 15 is 0 Å². The fourth-order valence-corrected chi connectivity index (χ4v) is 3.06. The smallest absolute Gasteiger partial charge is 0.189 e. The highest BCUT2D eigenvalue weighted by Crippen LogP contribution is 2.21. The first-order valence-corrected chi connectivity index (χ1v) is 9.26. The lowest BCUT2D eigenvalue weighted by Crippen LogP contribution is -2.10. The molecule has 0 atom stereocenters. The largest absolute Gasteiger partial charge is 0.411 e. The van der Waals surface area contributed by atoms with Gasteiger partial charge in [0.1, 0.15) is 12.3 Å². The summed E-state index contributed by atoms with van der Waals surface area (Å²) in [5.74, 6) is -0.00928. The highest BCUT2D eigenvalue weighted by atomic mass is 79.9. The summed E-state index contributed by atoms with van der Waals surface area (Å²) in [6, 6.07) is 13.1. The summed E-state index contributed by atoms with van der Waals surface area (Å²) in [6.07, 6.45) is 0. The minimum Gasteiger partial charge on any atom is -0.411 e. The first kappa shape index (κ1) is 22.5. The third-order valence-electron chi connectivity index (χ3n) is 3.35. The SMILES string of the molecule is COC/C(=N\O)c1cccc(C)c1Br.COCC(=O)c1ccccc1Br. The van der Waals surface area contributed by atoms with Crippen LogP contribution < -0.4 is 0 Å². The van der Waals surface area contributed by atoms with Crippen molar-refractivity contribution in [1.29, 1.82) is 0 Å². The van der Waals surface area contributed by atoms with Crippen molar-refractivity contribution < 1.29 is 19.5 Å². The van der Waals surface area contributed by atoms with Gasteiger partial charge in [-0.05, 0) is 34.5 Å². The third kappa shape index (κ3) is 6.64. The molecular formula is C19H21Br2NO4. The summed E-state index contributed by atoms with van der Waals surface area (Å²) in [4.78, 5) is 11.3. The molecule has 0 aliphatic carbocycles. The Bertz CT molecular complexity index is 763. The molecule has 0 saturated carbocycles. The van der Waals surface area contributed by atoms with Crippen molar-refractivity contribution in [2.45, 2.75) is 6.92 Å². The lowest BCUT2D eigenvalue weighted by Gasteiger charge is -2.07. The van der Waals surface area contributed by atoms with Crippen LogP contribution >= 0.6 is 31.9 Å². The Morgan fingerprint density at radius 3 is 2.19 bits per heavy atom. The van der Waals surface area contributed by atoms with Crippen molar-refractivity contribution in [1.82, 2.24) is 0 Å². The topological polar surface area (TPSA) is 68.1 Å². The number of halogens is 2. The van der Waals surface area contributed by atoms with Crippen molar-refractivity contribution in [3.05, 3.63) is 68.1 Å². The predicted octanol–water partition coefficient (Wildman–Crippen LogP) is 4.86. The van der Waals surface area contributed by atoms with Crippen LogP contribution in [0.15, 0.2) is 56.6 Å². The number of carbonyl (C=O) groups is 1. The van der Waals surface area contributed by atoms with Crippen molar-refractivity contribution in [3.8, 4) is 0 Å². The summed E-state index contributed by atoms with van der Waals surface area (Å²) >= 11 is 6.73. The minimum atomic E-state index is -0.00928. The Labute approximate surface area is 170 Å². The Balaban J connectivity index is 0.000000263. The molecule has 0 aliphatic heterocycles. The van der Waals surface area contributed by atoms with Gasteiger partial charge in [0.2, 0.25) is 0 Å². The van der Waals surface area contributed by atoms with Gasteiger partial charge in [0.05, 0.1) is 6.61 Å². The van der Waals surface area contributed by atoms with Gasteiger partial charge < -0.3 is 14.7 Å². The molecular weight excluding hydrogens is 466 g/mol. The van der Waals surface area contributed by atoms with Crippen LogP contribution in [0.2, 0.25) is 0 Å². The van der Waals surface area contributed by atoms with Crippen LogP contribution in [0.25, 0.3) is 0 Å². The molecule has 2 aromatic carbocycles. The molecule has 0 spiro atoms.